The number of aryl methyl sites for hydroxylation is 1. The molecule has 0 aliphatic heterocycles. The molecule has 0 aromatic heterocycles. The molecule has 0 fully saturated rings. The van der Waals surface area contributed by atoms with E-state index in [0.717, 1.165) is 30.5 Å². The maximum absolute atomic E-state index is 10.9. The Morgan fingerprint density at radius 1 is 1.47 bits per heavy atom. The number of rotatable bonds is 2. The van der Waals surface area contributed by atoms with Crippen LogP contribution in [0, 0.1) is 0 Å². The fraction of sp³-hybridized carbons (Fsp3) is 0.364. The van der Waals surface area contributed by atoms with Crippen LogP contribution in [-0.4, -0.2) is 13.1 Å². The summed E-state index contributed by atoms with van der Waals surface area (Å²) < 4.78 is 5.20. The Morgan fingerprint density at radius 2 is 2.27 bits per heavy atom. The van der Waals surface area contributed by atoms with E-state index in [4.69, 9.17) is 10.5 Å². The summed E-state index contributed by atoms with van der Waals surface area (Å²) in [7, 11) is 1.59. The second-order valence-electron chi connectivity index (χ2n) is 3.62. The maximum Gasteiger partial charge on any atom is 0.316 e. The Balaban J connectivity index is 2.47. The SMILES string of the molecule is COc1ccc2c(c1NC(N)=O)CCC2. The van der Waals surface area contributed by atoms with Gasteiger partial charge in [-0.2, -0.15) is 0 Å². The highest BCUT2D eigenvalue weighted by Crippen LogP contribution is 2.36. The van der Waals surface area contributed by atoms with Crippen molar-refractivity contribution >= 4 is 11.7 Å². The first-order chi connectivity index (χ1) is 7.22. The number of hydrogen-bond acceptors (Lipinski definition) is 2. The molecule has 0 saturated carbocycles. The van der Waals surface area contributed by atoms with Crippen molar-refractivity contribution in [1.82, 2.24) is 0 Å². The highest BCUT2D eigenvalue weighted by Gasteiger charge is 2.19. The minimum Gasteiger partial charge on any atom is -0.495 e. The molecule has 4 heteroatoms. The van der Waals surface area contributed by atoms with Crippen LogP contribution in [0.25, 0.3) is 0 Å². The van der Waals surface area contributed by atoms with Gasteiger partial charge < -0.3 is 15.8 Å². The van der Waals surface area contributed by atoms with E-state index >= 15 is 0 Å². The Morgan fingerprint density at radius 3 is 2.93 bits per heavy atom. The van der Waals surface area contributed by atoms with Crippen LogP contribution < -0.4 is 15.8 Å². The molecule has 15 heavy (non-hydrogen) atoms. The summed E-state index contributed by atoms with van der Waals surface area (Å²) in [6, 6.07) is 3.37. The van der Waals surface area contributed by atoms with Crippen molar-refractivity contribution in [3.8, 4) is 5.75 Å². The van der Waals surface area contributed by atoms with Gasteiger partial charge >= 0.3 is 6.03 Å². The van der Waals surface area contributed by atoms with Crippen LogP contribution in [0.4, 0.5) is 10.5 Å². The molecule has 0 radical (unpaired) electrons. The second kappa shape index (κ2) is 3.81. The van der Waals surface area contributed by atoms with Crippen LogP contribution in [0.3, 0.4) is 0 Å². The number of ether oxygens (including phenoxy) is 1. The third kappa shape index (κ3) is 1.75. The first-order valence-corrected chi connectivity index (χ1v) is 4.97. The molecule has 2 amide bonds. The first-order valence-electron chi connectivity index (χ1n) is 4.97. The standard InChI is InChI=1S/C11H14N2O2/c1-15-9-6-5-7-3-2-4-8(7)10(9)13-11(12)14/h5-6H,2-4H2,1H3,(H3,12,13,14). The predicted octanol–water partition coefficient (Wildman–Crippen LogP) is 1.67. The van der Waals surface area contributed by atoms with Crippen molar-refractivity contribution in [2.75, 3.05) is 12.4 Å². The highest BCUT2D eigenvalue weighted by atomic mass is 16.5. The van der Waals surface area contributed by atoms with Crippen LogP contribution in [0.1, 0.15) is 17.5 Å². The van der Waals surface area contributed by atoms with Gasteiger partial charge in [-0.15, -0.1) is 0 Å². The summed E-state index contributed by atoms with van der Waals surface area (Å²) in [5.41, 5.74) is 8.31. The topological polar surface area (TPSA) is 64.3 Å². The monoisotopic (exact) mass is 206 g/mol. The molecule has 0 atom stereocenters. The van der Waals surface area contributed by atoms with E-state index in [1.54, 1.807) is 7.11 Å². The molecular formula is C11H14N2O2. The number of nitrogens with two attached hydrogens (primary N) is 1. The smallest absolute Gasteiger partial charge is 0.316 e. The molecule has 0 unspecified atom stereocenters. The van der Waals surface area contributed by atoms with E-state index in [0.29, 0.717) is 5.75 Å². The van der Waals surface area contributed by atoms with E-state index < -0.39 is 6.03 Å². The van der Waals surface area contributed by atoms with Crippen molar-refractivity contribution in [3.05, 3.63) is 23.3 Å². The van der Waals surface area contributed by atoms with Crippen LogP contribution in [0.5, 0.6) is 5.75 Å². The molecule has 1 aromatic carbocycles. The predicted molar refractivity (Wildman–Crippen MR) is 58.2 cm³/mol. The lowest BCUT2D eigenvalue weighted by atomic mass is 10.1. The number of primary amides is 1. The van der Waals surface area contributed by atoms with Gasteiger partial charge in [0.15, 0.2) is 0 Å². The van der Waals surface area contributed by atoms with Crippen LogP contribution >= 0.6 is 0 Å². The zero-order valence-corrected chi connectivity index (χ0v) is 8.67. The molecule has 3 N–H and O–H groups in total. The number of carbonyl (C=O) groups excluding carboxylic acids is 1. The van der Waals surface area contributed by atoms with E-state index in [2.05, 4.69) is 5.32 Å². The van der Waals surface area contributed by atoms with Crippen molar-refractivity contribution in [1.29, 1.82) is 0 Å². The third-order valence-electron chi connectivity index (χ3n) is 2.71. The Kier molecular flexibility index (Phi) is 2.49. The van der Waals surface area contributed by atoms with Gasteiger partial charge in [0, 0.05) is 0 Å². The molecule has 80 valence electrons. The van der Waals surface area contributed by atoms with E-state index in [-0.39, 0.29) is 0 Å². The van der Waals surface area contributed by atoms with Crippen molar-refractivity contribution < 1.29 is 9.53 Å². The Hall–Kier alpha value is -1.71. The minimum absolute atomic E-state index is 0.548. The van der Waals surface area contributed by atoms with Gasteiger partial charge in [0.25, 0.3) is 0 Å². The molecule has 1 aromatic rings. The summed E-state index contributed by atoms with van der Waals surface area (Å²) >= 11 is 0. The molecule has 0 heterocycles. The average molecular weight is 206 g/mol. The Bertz CT molecular complexity index is 402. The molecule has 0 bridgehead atoms. The number of hydrogen-bond donors (Lipinski definition) is 2. The Labute approximate surface area is 88.4 Å². The van der Waals surface area contributed by atoms with Gasteiger partial charge in [-0.25, -0.2) is 4.79 Å². The molecule has 1 aliphatic carbocycles. The summed E-state index contributed by atoms with van der Waals surface area (Å²) in [5.74, 6) is 0.675. The quantitative estimate of drug-likeness (QED) is 0.773. The van der Waals surface area contributed by atoms with E-state index in [1.807, 2.05) is 12.1 Å². The largest absolute Gasteiger partial charge is 0.495 e. The number of anilines is 1. The molecule has 1 aliphatic rings. The number of methoxy groups -OCH3 is 1. The van der Waals surface area contributed by atoms with Crippen LogP contribution in [0.15, 0.2) is 12.1 Å². The molecule has 2 rings (SSSR count). The van der Waals surface area contributed by atoms with Crippen molar-refractivity contribution in [2.24, 2.45) is 5.73 Å². The van der Waals surface area contributed by atoms with Crippen molar-refractivity contribution in [2.45, 2.75) is 19.3 Å². The fourth-order valence-electron chi connectivity index (χ4n) is 2.08. The van der Waals surface area contributed by atoms with Gasteiger partial charge in [0.2, 0.25) is 0 Å². The lowest BCUT2D eigenvalue weighted by molar-refractivity contribution is 0.259. The number of fused-ring (bicyclic) bond motifs is 1. The first kappa shape index (κ1) is 9.83. The van der Waals surface area contributed by atoms with Gasteiger partial charge in [-0.05, 0) is 36.5 Å². The number of urea groups is 1. The van der Waals surface area contributed by atoms with Gasteiger partial charge in [-0.1, -0.05) is 6.07 Å². The maximum atomic E-state index is 10.9. The summed E-state index contributed by atoms with van der Waals surface area (Å²) in [6.07, 6.45) is 3.16. The van der Waals surface area contributed by atoms with Gasteiger partial charge in [0.1, 0.15) is 5.75 Å². The highest BCUT2D eigenvalue weighted by molar-refractivity contribution is 5.91. The van der Waals surface area contributed by atoms with E-state index in [9.17, 15) is 4.79 Å². The number of nitrogens with one attached hydrogen (secondary N) is 1. The van der Waals surface area contributed by atoms with Crippen molar-refractivity contribution in [3.63, 3.8) is 0 Å². The minimum atomic E-state index is -0.548. The van der Waals surface area contributed by atoms with Gasteiger partial charge in [-0.3, -0.25) is 0 Å². The third-order valence-corrected chi connectivity index (χ3v) is 2.71. The summed E-state index contributed by atoms with van der Waals surface area (Å²) in [6.45, 7) is 0. The summed E-state index contributed by atoms with van der Waals surface area (Å²) in [4.78, 5) is 10.9. The molecule has 0 spiro atoms. The zero-order valence-electron chi connectivity index (χ0n) is 8.67. The molecular weight excluding hydrogens is 192 g/mol. The number of carbonyl (C=O) groups is 1. The summed E-state index contributed by atoms with van der Waals surface area (Å²) in [5, 5.41) is 2.64. The van der Waals surface area contributed by atoms with Gasteiger partial charge in [0.05, 0.1) is 12.8 Å². The lowest BCUT2D eigenvalue weighted by Crippen LogP contribution is -2.20. The van der Waals surface area contributed by atoms with Crippen LogP contribution in [0.2, 0.25) is 0 Å². The lowest BCUT2D eigenvalue weighted by Gasteiger charge is -2.13. The normalized spacial score (nSPS) is 13.4. The molecule has 0 saturated heterocycles. The molecule has 4 nitrogen and oxygen atoms in total. The number of amides is 2. The fourth-order valence-corrected chi connectivity index (χ4v) is 2.08. The number of benzene rings is 1. The van der Waals surface area contributed by atoms with E-state index in [1.165, 1.54) is 5.56 Å². The second-order valence-corrected chi connectivity index (χ2v) is 3.62. The van der Waals surface area contributed by atoms with Crippen LogP contribution in [-0.2, 0) is 12.8 Å². The zero-order chi connectivity index (χ0) is 10.8. The average Bonchev–Trinajstić information content (AvgIpc) is 2.65.